The number of halogens is 3. The highest BCUT2D eigenvalue weighted by Crippen LogP contribution is 2.36. The maximum absolute atomic E-state index is 12.9. The van der Waals surface area contributed by atoms with E-state index < -0.39 is 23.1 Å². The van der Waals surface area contributed by atoms with Crippen molar-refractivity contribution in [1.82, 2.24) is 25.1 Å². The molecule has 0 amide bonds. The fourth-order valence-electron chi connectivity index (χ4n) is 5.31. The van der Waals surface area contributed by atoms with Crippen LogP contribution >= 0.6 is 0 Å². The molecule has 0 radical (unpaired) electrons. The average Bonchev–Trinajstić information content (AvgIpc) is 3.39. The van der Waals surface area contributed by atoms with E-state index in [2.05, 4.69) is 34.4 Å². The van der Waals surface area contributed by atoms with E-state index in [1.54, 1.807) is 24.4 Å². The van der Waals surface area contributed by atoms with E-state index in [9.17, 15) is 22.8 Å². The molecule has 1 aromatic carbocycles. The molecule has 2 N–H and O–H groups in total. The summed E-state index contributed by atoms with van der Waals surface area (Å²) in [5.41, 5.74) is 1.41. The Morgan fingerprint density at radius 2 is 1.83 bits per heavy atom. The molecular formula is C24H21F3N6O3. The molecule has 6 rings (SSSR count). The molecule has 2 fully saturated rings. The van der Waals surface area contributed by atoms with E-state index in [0.29, 0.717) is 31.0 Å². The number of anilines is 1. The predicted molar refractivity (Wildman–Crippen MR) is 124 cm³/mol. The summed E-state index contributed by atoms with van der Waals surface area (Å²) in [4.78, 5) is 34.6. The second-order valence-corrected chi connectivity index (χ2v) is 9.20. The fourth-order valence-corrected chi connectivity index (χ4v) is 5.31. The van der Waals surface area contributed by atoms with Crippen molar-refractivity contribution in [2.24, 2.45) is 0 Å². The van der Waals surface area contributed by atoms with Crippen LogP contribution in [0.5, 0.6) is 0 Å². The smallest absolute Gasteiger partial charge is 0.372 e. The lowest BCUT2D eigenvalue weighted by molar-refractivity contribution is -0.137. The summed E-state index contributed by atoms with van der Waals surface area (Å²) in [5, 5.41) is 7.50. The Morgan fingerprint density at radius 3 is 2.53 bits per heavy atom. The van der Waals surface area contributed by atoms with Gasteiger partial charge in [-0.3, -0.25) is 15.0 Å². The van der Waals surface area contributed by atoms with Gasteiger partial charge in [0.1, 0.15) is 5.82 Å². The number of hydrogen-bond donors (Lipinski definition) is 2. The van der Waals surface area contributed by atoms with Crippen LogP contribution in [0.2, 0.25) is 0 Å². The normalized spacial score (nSPS) is 20.4. The van der Waals surface area contributed by atoms with Crippen molar-refractivity contribution in [3.63, 3.8) is 0 Å². The second kappa shape index (κ2) is 8.33. The minimum atomic E-state index is -4.40. The van der Waals surface area contributed by atoms with Gasteiger partial charge in [-0.2, -0.15) is 18.3 Å². The summed E-state index contributed by atoms with van der Waals surface area (Å²) in [6.45, 7) is 1.98. The predicted octanol–water partition coefficient (Wildman–Crippen LogP) is 3.14. The first-order valence-electron chi connectivity index (χ1n) is 11.5. The Hall–Kier alpha value is -3.93. The van der Waals surface area contributed by atoms with Crippen molar-refractivity contribution in [2.45, 2.75) is 37.6 Å². The molecule has 2 unspecified atom stereocenters. The van der Waals surface area contributed by atoms with Gasteiger partial charge in [0.25, 0.3) is 0 Å². The number of rotatable bonds is 4. The Morgan fingerprint density at radius 1 is 1.06 bits per heavy atom. The molecule has 2 atom stereocenters. The van der Waals surface area contributed by atoms with E-state index in [-0.39, 0.29) is 17.5 Å². The summed E-state index contributed by atoms with van der Waals surface area (Å²) in [6.07, 6.45) is 0.218. The highest BCUT2D eigenvalue weighted by molar-refractivity contribution is 5.83. The van der Waals surface area contributed by atoms with Crippen molar-refractivity contribution in [2.75, 3.05) is 18.0 Å². The van der Waals surface area contributed by atoms with Crippen molar-refractivity contribution in [3.05, 3.63) is 74.8 Å². The van der Waals surface area contributed by atoms with Crippen LogP contribution in [0.3, 0.4) is 0 Å². The lowest BCUT2D eigenvalue weighted by Gasteiger charge is -2.41. The number of benzene rings is 1. The number of H-pyrrole nitrogens is 2. The number of aromatic amines is 2. The van der Waals surface area contributed by atoms with E-state index in [1.807, 2.05) is 0 Å². The molecule has 2 bridgehead atoms. The van der Waals surface area contributed by atoms with Gasteiger partial charge in [0.05, 0.1) is 28.4 Å². The number of fused-ring (bicyclic) bond motifs is 3. The van der Waals surface area contributed by atoms with Crippen LogP contribution < -0.4 is 16.3 Å². The molecule has 36 heavy (non-hydrogen) atoms. The molecule has 2 aliphatic rings. The van der Waals surface area contributed by atoms with Crippen LogP contribution in [0.25, 0.3) is 22.2 Å². The topological polar surface area (TPSA) is 111 Å². The largest absolute Gasteiger partial charge is 0.419 e. The summed E-state index contributed by atoms with van der Waals surface area (Å²) >= 11 is 0. The van der Waals surface area contributed by atoms with Crippen LogP contribution in [-0.2, 0) is 12.7 Å². The zero-order valence-electron chi connectivity index (χ0n) is 18.9. The number of nitrogens with zero attached hydrogens (tertiary/aromatic N) is 4. The van der Waals surface area contributed by atoms with Crippen LogP contribution in [0.4, 0.5) is 19.0 Å². The van der Waals surface area contributed by atoms with Crippen molar-refractivity contribution in [3.8, 4) is 11.3 Å². The first kappa shape index (κ1) is 22.5. The monoisotopic (exact) mass is 498 g/mol. The molecule has 3 aromatic heterocycles. The highest BCUT2D eigenvalue weighted by Gasteiger charge is 2.41. The van der Waals surface area contributed by atoms with E-state index in [0.717, 1.165) is 41.9 Å². The first-order valence-corrected chi connectivity index (χ1v) is 11.5. The Bertz CT molecular complexity index is 1530. The Balaban J connectivity index is 1.22. The minimum absolute atomic E-state index is 0.226. The van der Waals surface area contributed by atoms with Gasteiger partial charge in [-0.25, -0.2) is 14.6 Å². The third-order valence-corrected chi connectivity index (χ3v) is 7.05. The van der Waals surface area contributed by atoms with Crippen LogP contribution in [0.15, 0.2) is 56.7 Å². The van der Waals surface area contributed by atoms with Crippen molar-refractivity contribution >= 4 is 16.7 Å². The molecule has 4 aromatic rings. The molecule has 5 heterocycles. The minimum Gasteiger partial charge on any atom is -0.372 e. The summed E-state index contributed by atoms with van der Waals surface area (Å²) in [5.74, 6) is -0.250. The third-order valence-electron chi connectivity index (χ3n) is 7.05. The second-order valence-electron chi connectivity index (χ2n) is 9.20. The fraction of sp³-hybridized carbons (Fsp3) is 0.333. The summed E-state index contributed by atoms with van der Waals surface area (Å²) in [7, 11) is 0. The number of nitrogens with one attached hydrogen (secondary N) is 2. The van der Waals surface area contributed by atoms with Gasteiger partial charge in [-0.05, 0) is 37.1 Å². The zero-order valence-corrected chi connectivity index (χ0v) is 18.9. The quantitative estimate of drug-likeness (QED) is 0.445. The van der Waals surface area contributed by atoms with Crippen LogP contribution in [0.1, 0.15) is 24.0 Å². The van der Waals surface area contributed by atoms with Gasteiger partial charge < -0.3 is 9.32 Å². The first-order chi connectivity index (χ1) is 17.3. The standard InChI is InChI=1S/C24H21F3N6O3/c25-24(26,27)15-2-6-20(28-9-15)32-11-16-3-4-17(12-32)33(16)10-14-8-29-31-21(14)13-1-5-19-18(7-13)22(34)36-23(35)30-19/h1-2,5-9,16-17H,3-4,10-12H2,(H,29,31)(H,30,35). The SMILES string of the molecule is O=c1[nH]c2ccc(-c3[nH]ncc3CN3C4CCC3CN(c3ccc(C(F)(F)F)cn3)C4)cc2c(=O)o1. The molecule has 0 spiro atoms. The Kier molecular flexibility index (Phi) is 5.21. The molecule has 12 heteroatoms. The van der Waals surface area contributed by atoms with E-state index >= 15 is 0 Å². The van der Waals surface area contributed by atoms with Crippen molar-refractivity contribution < 1.29 is 17.6 Å². The maximum Gasteiger partial charge on any atom is 0.419 e. The number of alkyl halides is 3. The lowest BCUT2D eigenvalue weighted by atomic mass is 10.0. The van der Waals surface area contributed by atoms with Crippen LogP contribution in [-0.4, -0.2) is 50.2 Å². The van der Waals surface area contributed by atoms with E-state index in [1.165, 1.54) is 6.07 Å². The van der Waals surface area contributed by atoms with Gasteiger partial charge in [0.15, 0.2) is 0 Å². The number of piperazine rings is 1. The zero-order chi connectivity index (χ0) is 25.0. The molecule has 2 aliphatic heterocycles. The number of aromatic nitrogens is 4. The molecule has 186 valence electrons. The molecular weight excluding hydrogens is 477 g/mol. The summed E-state index contributed by atoms with van der Waals surface area (Å²) in [6, 6.07) is 8.10. The van der Waals surface area contributed by atoms with E-state index in [4.69, 9.17) is 0 Å². The third kappa shape index (κ3) is 3.96. The maximum atomic E-state index is 12.9. The van der Waals surface area contributed by atoms with Gasteiger partial charge in [-0.1, -0.05) is 6.07 Å². The molecule has 2 saturated heterocycles. The highest BCUT2D eigenvalue weighted by atomic mass is 19.4. The average molecular weight is 498 g/mol. The molecule has 9 nitrogen and oxygen atoms in total. The number of pyridine rings is 1. The molecule has 0 saturated carbocycles. The van der Waals surface area contributed by atoms with Gasteiger partial charge in [-0.15, -0.1) is 0 Å². The molecule has 0 aliphatic carbocycles. The van der Waals surface area contributed by atoms with Gasteiger partial charge in [0, 0.05) is 49.0 Å². The van der Waals surface area contributed by atoms with Crippen LogP contribution in [0, 0.1) is 0 Å². The summed E-state index contributed by atoms with van der Waals surface area (Å²) < 4.78 is 43.3. The lowest BCUT2D eigenvalue weighted by Crippen LogP contribution is -2.53. The Labute approximate surface area is 201 Å². The van der Waals surface area contributed by atoms with Gasteiger partial charge >= 0.3 is 17.6 Å². The number of hydrogen-bond acceptors (Lipinski definition) is 7. The van der Waals surface area contributed by atoms with Gasteiger partial charge in [0.2, 0.25) is 0 Å². The van der Waals surface area contributed by atoms with Crippen molar-refractivity contribution in [1.29, 1.82) is 0 Å².